The number of hydrogen-bond acceptors (Lipinski definition) is 2. The van der Waals surface area contributed by atoms with E-state index in [1.165, 1.54) is 0 Å². The molecule has 0 spiro atoms. The number of Topliss-reactive ketones (excluding diaryl/α,β-unsaturated/α-hetero) is 1. The van der Waals surface area contributed by atoms with Crippen LogP contribution in [0.15, 0.2) is 48.5 Å². The predicted octanol–water partition coefficient (Wildman–Crippen LogP) is 4.57. The summed E-state index contributed by atoms with van der Waals surface area (Å²) in [5.74, 6) is 0.170. The fraction of sp³-hybridized carbons (Fsp3) is 0.235. The summed E-state index contributed by atoms with van der Waals surface area (Å²) in [6.45, 7) is 2.63. The van der Waals surface area contributed by atoms with Crippen LogP contribution in [0.5, 0.6) is 0 Å². The number of rotatable bonds is 5. The zero-order valence-corrected chi connectivity index (χ0v) is 12.5. The normalized spacial score (nSPS) is 10.3. The molecule has 2 rings (SSSR count). The van der Waals surface area contributed by atoms with Gasteiger partial charge in [-0.05, 0) is 29.8 Å². The number of para-hydroxylation sites is 1. The Morgan fingerprint density at radius 1 is 1.10 bits per heavy atom. The number of carbonyl (C=O) groups is 1. The van der Waals surface area contributed by atoms with Crippen LogP contribution in [0, 0.1) is 0 Å². The molecule has 2 nitrogen and oxygen atoms in total. The van der Waals surface area contributed by atoms with Crippen molar-refractivity contribution in [3.8, 4) is 0 Å². The number of hydrogen-bond donors (Lipinski definition) is 0. The largest absolute Gasteiger partial charge is 0.370 e. The van der Waals surface area contributed by atoms with E-state index in [0.717, 1.165) is 28.4 Å². The van der Waals surface area contributed by atoms with E-state index >= 15 is 0 Å². The molecule has 0 bridgehead atoms. The Labute approximate surface area is 125 Å². The Hall–Kier alpha value is -1.80. The van der Waals surface area contributed by atoms with Crippen molar-refractivity contribution in [3.05, 3.63) is 64.7 Å². The van der Waals surface area contributed by atoms with Gasteiger partial charge in [-0.3, -0.25) is 4.79 Å². The smallest absolute Gasteiger partial charge is 0.164 e. The van der Waals surface area contributed by atoms with E-state index in [2.05, 4.69) is 4.90 Å². The molecule has 0 amide bonds. The van der Waals surface area contributed by atoms with E-state index in [-0.39, 0.29) is 5.78 Å². The number of benzene rings is 2. The molecule has 104 valence electrons. The molecular formula is C17H18ClNO. The van der Waals surface area contributed by atoms with Crippen LogP contribution in [0.3, 0.4) is 0 Å². The Balaban J connectivity index is 2.23. The van der Waals surface area contributed by atoms with E-state index in [1.807, 2.05) is 62.5 Å². The number of halogens is 1. The molecule has 0 fully saturated rings. The minimum atomic E-state index is 0.170. The van der Waals surface area contributed by atoms with Crippen LogP contribution in [-0.4, -0.2) is 12.8 Å². The van der Waals surface area contributed by atoms with Gasteiger partial charge in [-0.25, -0.2) is 0 Å². The Morgan fingerprint density at radius 2 is 1.75 bits per heavy atom. The maximum Gasteiger partial charge on any atom is 0.164 e. The molecule has 2 aromatic carbocycles. The van der Waals surface area contributed by atoms with Gasteiger partial charge in [0.1, 0.15) is 0 Å². The number of nitrogens with zero attached hydrogens (tertiary/aromatic N) is 1. The summed E-state index contributed by atoms with van der Waals surface area (Å²) in [6, 6.07) is 15.5. The molecule has 2 aromatic rings. The lowest BCUT2D eigenvalue weighted by atomic mass is 10.1. The Bertz CT molecular complexity index is 592. The standard InChI is InChI=1S/C17H18ClNO/c1-3-17(20)15-6-4-5-7-16(15)19(2)12-13-8-10-14(18)11-9-13/h4-11H,3,12H2,1-2H3. The van der Waals surface area contributed by atoms with E-state index in [4.69, 9.17) is 11.6 Å². The molecule has 0 aliphatic heterocycles. The number of carbonyl (C=O) groups excluding carboxylic acids is 1. The third kappa shape index (κ3) is 3.40. The molecule has 0 aliphatic rings. The molecule has 3 heteroatoms. The highest BCUT2D eigenvalue weighted by atomic mass is 35.5. The van der Waals surface area contributed by atoms with Crippen LogP contribution in [0.1, 0.15) is 29.3 Å². The summed E-state index contributed by atoms with van der Waals surface area (Å²) in [6.07, 6.45) is 0.520. The molecule has 0 N–H and O–H groups in total. The van der Waals surface area contributed by atoms with Crippen molar-refractivity contribution < 1.29 is 4.79 Å². The van der Waals surface area contributed by atoms with Crippen molar-refractivity contribution >= 4 is 23.1 Å². The lowest BCUT2D eigenvalue weighted by Crippen LogP contribution is -2.19. The highest BCUT2D eigenvalue weighted by Crippen LogP contribution is 2.22. The summed E-state index contributed by atoms with van der Waals surface area (Å²) < 4.78 is 0. The fourth-order valence-electron chi connectivity index (χ4n) is 2.18. The van der Waals surface area contributed by atoms with Crippen LogP contribution < -0.4 is 4.90 Å². The van der Waals surface area contributed by atoms with E-state index in [0.29, 0.717) is 6.42 Å². The molecule has 0 saturated heterocycles. The summed E-state index contributed by atoms with van der Waals surface area (Å²) in [7, 11) is 2.00. The highest BCUT2D eigenvalue weighted by molar-refractivity contribution is 6.30. The first-order valence-corrected chi connectivity index (χ1v) is 7.07. The monoisotopic (exact) mass is 287 g/mol. The average Bonchev–Trinajstić information content (AvgIpc) is 2.48. The first-order chi connectivity index (χ1) is 9.61. The van der Waals surface area contributed by atoms with Gasteiger partial charge in [0.15, 0.2) is 5.78 Å². The van der Waals surface area contributed by atoms with Gasteiger partial charge < -0.3 is 4.90 Å². The highest BCUT2D eigenvalue weighted by Gasteiger charge is 2.12. The maximum atomic E-state index is 12.0. The summed E-state index contributed by atoms with van der Waals surface area (Å²) in [4.78, 5) is 14.1. The topological polar surface area (TPSA) is 20.3 Å². The predicted molar refractivity (Wildman–Crippen MR) is 84.6 cm³/mol. The van der Waals surface area contributed by atoms with Crippen molar-refractivity contribution in [1.29, 1.82) is 0 Å². The summed E-state index contributed by atoms with van der Waals surface area (Å²) >= 11 is 5.89. The molecule has 20 heavy (non-hydrogen) atoms. The van der Waals surface area contributed by atoms with Crippen molar-refractivity contribution in [1.82, 2.24) is 0 Å². The average molecular weight is 288 g/mol. The molecule has 0 aliphatic carbocycles. The Kier molecular flexibility index (Phi) is 4.80. The zero-order chi connectivity index (χ0) is 14.5. The van der Waals surface area contributed by atoms with Crippen LogP contribution >= 0.6 is 11.6 Å². The number of anilines is 1. The number of ketones is 1. The van der Waals surface area contributed by atoms with Crippen molar-refractivity contribution in [3.63, 3.8) is 0 Å². The zero-order valence-electron chi connectivity index (χ0n) is 11.8. The summed E-state index contributed by atoms with van der Waals surface area (Å²) in [5, 5.41) is 0.734. The van der Waals surface area contributed by atoms with Gasteiger partial charge in [0, 0.05) is 36.3 Å². The first kappa shape index (κ1) is 14.6. The minimum absolute atomic E-state index is 0.170. The molecular weight excluding hydrogens is 270 g/mol. The molecule has 0 unspecified atom stereocenters. The Morgan fingerprint density at radius 3 is 2.40 bits per heavy atom. The van der Waals surface area contributed by atoms with Gasteiger partial charge in [-0.15, -0.1) is 0 Å². The van der Waals surface area contributed by atoms with Crippen LogP contribution in [0.25, 0.3) is 0 Å². The second-order valence-corrected chi connectivity index (χ2v) is 5.21. The van der Waals surface area contributed by atoms with Crippen LogP contribution in [0.4, 0.5) is 5.69 Å². The fourth-order valence-corrected chi connectivity index (χ4v) is 2.31. The second-order valence-electron chi connectivity index (χ2n) is 4.78. The lowest BCUT2D eigenvalue weighted by Gasteiger charge is -2.22. The van der Waals surface area contributed by atoms with Gasteiger partial charge in [-0.2, -0.15) is 0 Å². The van der Waals surface area contributed by atoms with Crippen LogP contribution in [-0.2, 0) is 6.54 Å². The third-order valence-corrected chi connectivity index (χ3v) is 3.52. The molecule has 0 saturated carbocycles. The minimum Gasteiger partial charge on any atom is -0.370 e. The lowest BCUT2D eigenvalue weighted by molar-refractivity contribution is 0.0988. The van der Waals surface area contributed by atoms with Gasteiger partial charge in [0.2, 0.25) is 0 Å². The van der Waals surface area contributed by atoms with E-state index < -0.39 is 0 Å². The molecule has 0 atom stereocenters. The third-order valence-electron chi connectivity index (χ3n) is 3.27. The SMILES string of the molecule is CCC(=O)c1ccccc1N(C)Cc1ccc(Cl)cc1. The van der Waals surface area contributed by atoms with Crippen LogP contribution in [0.2, 0.25) is 5.02 Å². The van der Waals surface area contributed by atoms with Gasteiger partial charge >= 0.3 is 0 Å². The maximum absolute atomic E-state index is 12.0. The van der Waals surface area contributed by atoms with Gasteiger partial charge in [0.05, 0.1) is 0 Å². The molecule has 0 aromatic heterocycles. The summed E-state index contributed by atoms with van der Waals surface area (Å²) in [5.41, 5.74) is 2.91. The molecule has 0 radical (unpaired) electrons. The van der Waals surface area contributed by atoms with Gasteiger partial charge in [-0.1, -0.05) is 42.8 Å². The van der Waals surface area contributed by atoms with E-state index in [1.54, 1.807) is 0 Å². The van der Waals surface area contributed by atoms with Crippen molar-refractivity contribution in [2.24, 2.45) is 0 Å². The second kappa shape index (κ2) is 6.58. The van der Waals surface area contributed by atoms with Crippen molar-refractivity contribution in [2.75, 3.05) is 11.9 Å². The van der Waals surface area contributed by atoms with Crippen molar-refractivity contribution in [2.45, 2.75) is 19.9 Å². The first-order valence-electron chi connectivity index (χ1n) is 6.69. The van der Waals surface area contributed by atoms with Gasteiger partial charge in [0.25, 0.3) is 0 Å². The quantitative estimate of drug-likeness (QED) is 0.751. The van der Waals surface area contributed by atoms with E-state index in [9.17, 15) is 4.79 Å². The molecule has 0 heterocycles.